The molecule has 2 amide bonds. The van der Waals surface area contributed by atoms with Gasteiger partial charge < -0.3 is 14.4 Å². The normalized spacial score (nSPS) is 15.9. The lowest BCUT2D eigenvalue weighted by Crippen LogP contribution is -2.45. The molecular weight excluding hydrogens is 466 g/mol. The van der Waals surface area contributed by atoms with Gasteiger partial charge in [0, 0.05) is 6.54 Å². The zero-order valence-corrected chi connectivity index (χ0v) is 20.6. The number of hydrazine groups is 1. The first-order valence-corrected chi connectivity index (χ1v) is 12.9. The fourth-order valence-electron chi connectivity index (χ4n) is 4.11. The predicted molar refractivity (Wildman–Crippen MR) is 133 cm³/mol. The number of carbonyl (C=O) groups is 1. The van der Waals surface area contributed by atoms with E-state index in [1.807, 2.05) is 54.6 Å². The number of benzene rings is 3. The van der Waals surface area contributed by atoms with Gasteiger partial charge in [0.2, 0.25) is 10.0 Å². The molecule has 0 unspecified atom stereocenters. The Bertz CT molecular complexity index is 1230. The zero-order valence-electron chi connectivity index (χ0n) is 19.8. The predicted octanol–water partition coefficient (Wildman–Crippen LogP) is 3.76. The van der Waals surface area contributed by atoms with Gasteiger partial charge in [-0.15, -0.1) is 4.83 Å². The number of urea groups is 1. The largest absolute Gasteiger partial charge is 0.497 e. The summed E-state index contributed by atoms with van der Waals surface area (Å²) in [6, 6.07) is 23.3. The number of carbonyl (C=O) groups excluding carboxylic acids is 1. The molecule has 1 aliphatic heterocycles. The first-order valence-electron chi connectivity index (χ1n) is 11.3. The van der Waals surface area contributed by atoms with Gasteiger partial charge in [-0.1, -0.05) is 54.6 Å². The monoisotopic (exact) mass is 495 g/mol. The van der Waals surface area contributed by atoms with Gasteiger partial charge in [-0.05, 0) is 47.4 Å². The number of rotatable bonds is 10. The van der Waals surface area contributed by atoms with Crippen LogP contribution in [0.25, 0.3) is 0 Å². The molecule has 0 bridgehead atoms. The number of amides is 2. The van der Waals surface area contributed by atoms with Gasteiger partial charge in [-0.3, -0.25) is 0 Å². The van der Waals surface area contributed by atoms with Crippen LogP contribution in [-0.4, -0.2) is 51.7 Å². The van der Waals surface area contributed by atoms with E-state index in [-0.39, 0.29) is 24.4 Å². The van der Waals surface area contributed by atoms with Crippen molar-refractivity contribution in [3.05, 3.63) is 95.6 Å². The summed E-state index contributed by atoms with van der Waals surface area (Å²) in [5.74, 6) is 1.26. The van der Waals surface area contributed by atoms with Crippen molar-refractivity contribution in [2.45, 2.75) is 18.2 Å². The molecule has 8 nitrogen and oxygen atoms in total. The van der Waals surface area contributed by atoms with E-state index < -0.39 is 10.0 Å². The summed E-state index contributed by atoms with van der Waals surface area (Å²) < 4.78 is 36.1. The van der Waals surface area contributed by atoms with E-state index >= 15 is 0 Å². The van der Waals surface area contributed by atoms with Crippen LogP contribution < -0.4 is 14.3 Å². The molecule has 1 heterocycles. The lowest BCUT2D eigenvalue weighted by molar-refractivity contribution is 0.182. The third-order valence-corrected chi connectivity index (χ3v) is 7.17. The summed E-state index contributed by atoms with van der Waals surface area (Å²) in [5.41, 5.74) is 2.60. The van der Waals surface area contributed by atoms with Crippen LogP contribution in [0.5, 0.6) is 11.5 Å². The van der Waals surface area contributed by atoms with Crippen molar-refractivity contribution in [1.29, 1.82) is 0 Å². The van der Waals surface area contributed by atoms with Gasteiger partial charge >= 0.3 is 6.03 Å². The molecule has 184 valence electrons. The van der Waals surface area contributed by atoms with E-state index in [0.29, 0.717) is 24.3 Å². The van der Waals surface area contributed by atoms with Crippen LogP contribution >= 0.6 is 0 Å². The molecule has 1 saturated heterocycles. The quantitative estimate of drug-likeness (QED) is 0.463. The minimum absolute atomic E-state index is 0.196. The standard InChI is InChI=1S/C26H29N3O5S/c1-33-23-12-8-20(9-13-23)16-17-28-25(22-10-14-24(34-2)15-11-22)18-29(26(28)30)27-35(31,32)19-21-6-4-3-5-7-21/h3-15,25,27H,16-19H2,1-2H3/t25-/m1/s1. The Kier molecular flexibility index (Phi) is 7.57. The van der Waals surface area contributed by atoms with Gasteiger partial charge in [0.05, 0.1) is 32.6 Å². The summed E-state index contributed by atoms with van der Waals surface area (Å²) >= 11 is 0. The van der Waals surface area contributed by atoms with Gasteiger partial charge in [-0.2, -0.15) is 0 Å². The second-order valence-corrected chi connectivity index (χ2v) is 10.0. The molecule has 0 spiro atoms. The van der Waals surface area contributed by atoms with E-state index in [2.05, 4.69) is 4.83 Å². The van der Waals surface area contributed by atoms with Crippen LogP contribution in [-0.2, 0) is 22.2 Å². The summed E-state index contributed by atoms with van der Waals surface area (Å²) in [6.07, 6.45) is 0.618. The van der Waals surface area contributed by atoms with Crippen LogP contribution in [0.2, 0.25) is 0 Å². The Hall–Kier alpha value is -3.56. The van der Waals surface area contributed by atoms with Crippen LogP contribution in [0.1, 0.15) is 22.7 Å². The molecule has 9 heteroatoms. The maximum atomic E-state index is 13.3. The minimum atomic E-state index is -3.77. The van der Waals surface area contributed by atoms with Crippen LogP contribution in [0.4, 0.5) is 4.79 Å². The number of sulfonamides is 1. The number of methoxy groups -OCH3 is 2. The minimum Gasteiger partial charge on any atom is -0.497 e. The number of nitrogens with zero attached hydrogens (tertiary/aromatic N) is 2. The van der Waals surface area contributed by atoms with Crippen molar-refractivity contribution in [2.75, 3.05) is 27.3 Å². The summed E-state index contributed by atoms with van der Waals surface area (Å²) in [7, 11) is -0.559. The van der Waals surface area contributed by atoms with E-state index in [1.165, 1.54) is 5.01 Å². The molecule has 4 rings (SSSR count). The van der Waals surface area contributed by atoms with Gasteiger partial charge in [0.15, 0.2) is 0 Å². The average molecular weight is 496 g/mol. The molecule has 3 aromatic rings. The molecule has 1 fully saturated rings. The average Bonchev–Trinajstić information content (AvgIpc) is 3.17. The topological polar surface area (TPSA) is 88.2 Å². The molecule has 0 saturated carbocycles. The molecule has 3 aromatic carbocycles. The molecule has 1 atom stereocenters. The molecule has 1 aliphatic rings. The second kappa shape index (κ2) is 10.8. The van der Waals surface area contributed by atoms with Crippen LogP contribution in [0, 0.1) is 0 Å². The lowest BCUT2D eigenvalue weighted by Gasteiger charge is -2.23. The Labute approximate surface area is 206 Å². The molecular formula is C26H29N3O5S. The fourth-order valence-corrected chi connectivity index (χ4v) is 5.30. The van der Waals surface area contributed by atoms with Crippen molar-refractivity contribution in [3.63, 3.8) is 0 Å². The molecule has 1 N–H and O–H groups in total. The SMILES string of the molecule is COc1ccc(CCN2C(=O)N(NS(=O)(=O)Cc3ccccc3)C[C@@H]2c2ccc(OC)cc2)cc1. The fraction of sp³-hybridized carbons (Fsp3) is 0.269. The van der Waals surface area contributed by atoms with Crippen LogP contribution in [0.15, 0.2) is 78.9 Å². The maximum absolute atomic E-state index is 13.3. The van der Waals surface area contributed by atoms with Crippen molar-refractivity contribution >= 4 is 16.1 Å². The van der Waals surface area contributed by atoms with E-state index in [0.717, 1.165) is 16.9 Å². The van der Waals surface area contributed by atoms with Gasteiger partial charge in [0.25, 0.3) is 0 Å². The highest BCUT2D eigenvalue weighted by atomic mass is 32.2. The Morgan fingerprint density at radius 1 is 0.857 bits per heavy atom. The highest BCUT2D eigenvalue weighted by Gasteiger charge is 2.39. The van der Waals surface area contributed by atoms with E-state index in [1.54, 1.807) is 43.4 Å². The smallest absolute Gasteiger partial charge is 0.335 e. The third-order valence-electron chi connectivity index (χ3n) is 5.96. The molecule has 0 radical (unpaired) electrons. The zero-order chi connectivity index (χ0) is 24.8. The third kappa shape index (κ3) is 6.12. The Morgan fingerprint density at radius 3 is 2.06 bits per heavy atom. The molecule has 35 heavy (non-hydrogen) atoms. The first kappa shape index (κ1) is 24.6. The number of hydrogen-bond donors (Lipinski definition) is 1. The van der Waals surface area contributed by atoms with Crippen molar-refractivity contribution in [3.8, 4) is 11.5 Å². The summed E-state index contributed by atoms with van der Waals surface area (Å²) in [6.45, 7) is 0.626. The highest BCUT2D eigenvalue weighted by molar-refractivity contribution is 7.88. The number of nitrogens with one attached hydrogen (secondary N) is 1. The van der Waals surface area contributed by atoms with E-state index in [9.17, 15) is 13.2 Å². The summed E-state index contributed by atoms with van der Waals surface area (Å²) in [4.78, 5) is 17.5. The summed E-state index contributed by atoms with van der Waals surface area (Å²) in [5, 5.41) is 1.20. The highest BCUT2D eigenvalue weighted by Crippen LogP contribution is 2.30. The van der Waals surface area contributed by atoms with Crippen molar-refractivity contribution < 1.29 is 22.7 Å². The number of ether oxygens (including phenoxy) is 2. The molecule has 0 aliphatic carbocycles. The van der Waals surface area contributed by atoms with Gasteiger partial charge in [0.1, 0.15) is 11.5 Å². The lowest BCUT2D eigenvalue weighted by atomic mass is 10.1. The van der Waals surface area contributed by atoms with Crippen LogP contribution in [0.3, 0.4) is 0 Å². The van der Waals surface area contributed by atoms with E-state index in [4.69, 9.17) is 9.47 Å². The number of hydrogen-bond acceptors (Lipinski definition) is 5. The maximum Gasteiger partial charge on any atom is 0.335 e. The Morgan fingerprint density at radius 2 is 1.46 bits per heavy atom. The van der Waals surface area contributed by atoms with Gasteiger partial charge in [-0.25, -0.2) is 18.2 Å². The molecule has 0 aromatic heterocycles. The Balaban J connectivity index is 1.52. The van der Waals surface area contributed by atoms with Crippen molar-refractivity contribution in [2.24, 2.45) is 0 Å². The first-order chi connectivity index (χ1) is 16.9. The van der Waals surface area contributed by atoms with Crippen molar-refractivity contribution in [1.82, 2.24) is 14.7 Å². The second-order valence-electron chi connectivity index (χ2n) is 8.31.